The first-order chi connectivity index (χ1) is 6.98. The van der Waals surface area contributed by atoms with E-state index in [1.165, 1.54) is 18.2 Å². The van der Waals surface area contributed by atoms with Crippen molar-refractivity contribution < 1.29 is 18.3 Å². The number of nitrogens with one attached hydrogen (secondary N) is 1. The monoisotopic (exact) mass is 215 g/mol. The van der Waals surface area contributed by atoms with E-state index >= 15 is 0 Å². The number of hydrogen-bond donors (Lipinski definition) is 2. The zero-order chi connectivity index (χ0) is 11.1. The van der Waals surface area contributed by atoms with Crippen LogP contribution >= 0.6 is 0 Å². The Balaban J connectivity index is 2.44. The molecule has 0 amide bonds. The van der Waals surface area contributed by atoms with Gasteiger partial charge in [0.25, 0.3) is 0 Å². The molecule has 0 saturated carbocycles. The molecule has 0 saturated heterocycles. The molecule has 2 aromatic rings. The number of halogens is 3. The zero-order valence-corrected chi connectivity index (χ0v) is 7.55. The Labute approximate surface area is 83.3 Å². The van der Waals surface area contributed by atoms with Crippen LogP contribution in [0.15, 0.2) is 30.5 Å². The zero-order valence-electron chi connectivity index (χ0n) is 7.55. The van der Waals surface area contributed by atoms with E-state index in [0.29, 0.717) is 5.52 Å². The van der Waals surface area contributed by atoms with Crippen molar-refractivity contribution in [1.82, 2.24) is 4.98 Å². The maximum atomic E-state index is 12.2. The molecule has 15 heavy (non-hydrogen) atoms. The van der Waals surface area contributed by atoms with E-state index in [9.17, 15) is 13.2 Å². The van der Waals surface area contributed by atoms with Gasteiger partial charge in [-0.15, -0.1) is 0 Å². The highest BCUT2D eigenvalue weighted by molar-refractivity contribution is 5.79. The molecule has 1 aromatic heterocycles. The lowest BCUT2D eigenvalue weighted by molar-refractivity contribution is -0.206. The summed E-state index contributed by atoms with van der Waals surface area (Å²) < 4.78 is 36.6. The van der Waals surface area contributed by atoms with E-state index in [1.807, 2.05) is 0 Å². The number of benzene rings is 1. The van der Waals surface area contributed by atoms with Crippen molar-refractivity contribution in [1.29, 1.82) is 0 Å². The lowest BCUT2D eigenvalue weighted by Crippen LogP contribution is -2.20. The maximum absolute atomic E-state index is 12.2. The summed E-state index contributed by atoms with van der Waals surface area (Å²) in [6.07, 6.45) is -5.42. The van der Waals surface area contributed by atoms with Crippen LogP contribution in [0.3, 0.4) is 0 Å². The Morgan fingerprint density at radius 1 is 1.20 bits per heavy atom. The third-order valence-corrected chi connectivity index (χ3v) is 2.20. The van der Waals surface area contributed by atoms with Gasteiger partial charge in [-0.05, 0) is 23.1 Å². The average molecular weight is 215 g/mol. The predicted molar refractivity (Wildman–Crippen MR) is 49.3 cm³/mol. The molecule has 2 N–H and O–H groups in total. The number of H-pyrrole nitrogens is 1. The van der Waals surface area contributed by atoms with Gasteiger partial charge < -0.3 is 10.1 Å². The molecule has 1 atom stereocenters. The summed E-state index contributed by atoms with van der Waals surface area (Å²) in [6.45, 7) is 0. The van der Waals surface area contributed by atoms with Crippen molar-refractivity contribution in [2.75, 3.05) is 0 Å². The SMILES string of the molecule is OC(c1ccc2cc[nH]c2c1)C(F)(F)F. The normalized spacial score (nSPS) is 14.4. The van der Waals surface area contributed by atoms with Gasteiger partial charge in [-0.25, -0.2) is 0 Å². The maximum Gasteiger partial charge on any atom is 0.418 e. The van der Waals surface area contributed by atoms with E-state index in [0.717, 1.165) is 5.39 Å². The molecule has 1 aromatic carbocycles. The second kappa shape index (κ2) is 3.27. The highest BCUT2D eigenvalue weighted by Gasteiger charge is 2.39. The second-order valence-corrected chi connectivity index (χ2v) is 3.27. The van der Waals surface area contributed by atoms with E-state index in [2.05, 4.69) is 4.98 Å². The number of hydrogen-bond acceptors (Lipinski definition) is 1. The van der Waals surface area contributed by atoms with Crippen LogP contribution < -0.4 is 0 Å². The summed E-state index contributed by atoms with van der Waals surface area (Å²) in [4.78, 5) is 2.79. The van der Waals surface area contributed by atoms with Gasteiger partial charge in [0.1, 0.15) is 0 Å². The first-order valence-corrected chi connectivity index (χ1v) is 4.30. The first-order valence-electron chi connectivity index (χ1n) is 4.30. The minimum absolute atomic E-state index is 0.155. The van der Waals surface area contributed by atoms with Crippen molar-refractivity contribution in [3.8, 4) is 0 Å². The number of rotatable bonds is 1. The van der Waals surface area contributed by atoms with Crippen molar-refractivity contribution in [2.45, 2.75) is 12.3 Å². The van der Waals surface area contributed by atoms with Gasteiger partial charge in [0.2, 0.25) is 0 Å². The number of aliphatic hydroxyl groups excluding tert-OH is 1. The quantitative estimate of drug-likeness (QED) is 0.753. The highest BCUT2D eigenvalue weighted by Crippen LogP contribution is 2.33. The first kappa shape index (κ1) is 10.0. The molecular weight excluding hydrogens is 207 g/mol. The predicted octanol–water partition coefficient (Wildman–Crippen LogP) is 2.76. The van der Waals surface area contributed by atoms with Crippen molar-refractivity contribution in [3.05, 3.63) is 36.0 Å². The molecule has 0 aliphatic heterocycles. The fraction of sp³-hybridized carbons (Fsp3) is 0.200. The third-order valence-electron chi connectivity index (χ3n) is 2.20. The largest absolute Gasteiger partial charge is 0.418 e. The van der Waals surface area contributed by atoms with Gasteiger partial charge in [-0.2, -0.15) is 13.2 Å². The van der Waals surface area contributed by atoms with Crippen molar-refractivity contribution >= 4 is 10.9 Å². The van der Waals surface area contributed by atoms with Gasteiger partial charge >= 0.3 is 6.18 Å². The molecule has 0 aliphatic carbocycles. The number of alkyl halides is 3. The molecule has 5 heteroatoms. The Hall–Kier alpha value is -1.49. The molecular formula is C10H8F3NO. The van der Waals surface area contributed by atoms with E-state index in [4.69, 9.17) is 5.11 Å². The molecule has 1 unspecified atom stereocenters. The summed E-state index contributed by atoms with van der Waals surface area (Å²) >= 11 is 0. The van der Waals surface area contributed by atoms with Crippen LogP contribution in [0.4, 0.5) is 13.2 Å². The molecule has 0 radical (unpaired) electrons. The van der Waals surface area contributed by atoms with Gasteiger partial charge in [0.15, 0.2) is 6.10 Å². The summed E-state index contributed by atoms with van der Waals surface area (Å²) in [6, 6.07) is 5.86. The Morgan fingerprint density at radius 3 is 2.60 bits per heavy atom. The molecule has 0 spiro atoms. The van der Waals surface area contributed by atoms with Gasteiger partial charge in [0, 0.05) is 11.7 Å². The average Bonchev–Trinajstić information content (AvgIpc) is 2.61. The lowest BCUT2D eigenvalue weighted by atomic mass is 10.1. The lowest BCUT2D eigenvalue weighted by Gasteiger charge is -2.14. The van der Waals surface area contributed by atoms with E-state index < -0.39 is 12.3 Å². The van der Waals surface area contributed by atoms with Crippen LogP contribution in [0.5, 0.6) is 0 Å². The summed E-state index contributed by atoms with van der Waals surface area (Å²) in [5.74, 6) is 0. The van der Waals surface area contributed by atoms with Crippen LogP contribution in [0.1, 0.15) is 11.7 Å². The Morgan fingerprint density at radius 2 is 1.93 bits per heavy atom. The molecule has 2 rings (SSSR count). The van der Waals surface area contributed by atoms with Crippen LogP contribution in [0, 0.1) is 0 Å². The van der Waals surface area contributed by atoms with Crippen LogP contribution in [0.25, 0.3) is 10.9 Å². The smallest absolute Gasteiger partial charge is 0.379 e. The third kappa shape index (κ3) is 1.83. The minimum atomic E-state index is -4.62. The fourth-order valence-electron chi connectivity index (χ4n) is 1.42. The molecule has 2 nitrogen and oxygen atoms in total. The Kier molecular flexibility index (Phi) is 2.19. The minimum Gasteiger partial charge on any atom is -0.379 e. The topological polar surface area (TPSA) is 36.0 Å². The second-order valence-electron chi connectivity index (χ2n) is 3.27. The van der Waals surface area contributed by atoms with Crippen LogP contribution in [-0.4, -0.2) is 16.3 Å². The van der Waals surface area contributed by atoms with Crippen LogP contribution in [-0.2, 0) is 0 Å². The standard InChI is InChI=1S/C10H8F3NO/c11-10(12,13)9(15)7-2-1-6-3-4-14-8(6)5-7/h1-5,9,14-15H. The van der Waals surface area contributed by atoms with Crippen molar-refractivity contribution in [2.24, 2.45) is 0 Å². The van der Waals surface area contributed by atoms with Gasteiger partial charge in [-0.1, -0.05) is 12.1 Å². The van der Waals surface area contributed by atoms with E-state index in [-0.39, 0.29) is 5.56 Å². The molecule has 80 valence electrons. The fourth-order valence-corrected chi connectivity index (χ4v) is 1.42. The molecule has 0 aliphatic rings. The van der Waals surface area contributed by atoms with Gasteiger partial charge in [0.05, 0.1) is 0 Å². The molecule has 0 fully saturated rings. The number of aromatic nitrogens is 1. The number of aliphatic hydroxyl groups is 1. The van der Waals surface area contributed by atoms with Gasteiger partial charge in [-0.3, -0.25) is 0 Å². The highest BCUT2D eigenvalue weighted by atomic mass is 19.4. The molecule has 1 heterocycles. The summed E-state index contributed by atoms with van der Waals surface area (Å²) in [5.41, 5.74) is 0.424. The molecule has 0 bridgehead atoms. The number of fused-ring (bicyclic) bond motifs is 1. The van der Waals surface area contributed by atoms with E-state index in [1.54, 1.807) is 12.3 Å². The van der Waals surface area contributed by atoms with Crippen LogP contribution in [0.2, 0.25) is 0 Å². The summed E-state index contributed by atoms with van der Waals surface area (Å²) in [7, 11) is 0. The Bertz CT molecular complexity index is 475. The van der Waals surface area contributed by atoms with Crippen molar-refractivity contribution in [3.63, 3.8) is 0 Å². The summed E-state index contributed by atoms with van der Waals surface area (Å²) in [5, 5.41) is 9.83. The number of aromatic amines is 1.